The van der Waals surface area contributed by atoms with Gasteiger partial charge in [0.1, 0.15) is 61.3 Å². The molecule has 29 heteroatoms. The van der Waals surface area contributed by atoms with E-state index in [2.05, 4.69) is 10.6 Å². The van der Waals surface area contributed by atoms with Crippen molar-refractivity contribution in [1.29, 1.82) is 10.5 Å². The number of carboxylic acid groups (broad SMARTS) is 1. The smallest absolute Gasteiger partial charge is 0.512 e. The molecule has 2 aliphatic heterocycles. The van der Waals surface area contributed by atoms with E-state index in [0.717, 1.165) is 27.6 Å². The van der Waals surface area contributed by atoms with Crippen LogP contribution in [0.4, 0.5) is 22.4 Å². The van der Waals surface area contributed by atoms with Crippen LogP contribution in [0.5, 0.6) is 28.7 Å². The van der Waals surface area contributed by atoms with E-state index < -0.39 is 59.1 Å². The molecule has 3 aromatic heterocycles. The molecule has 0 spiro atoms. The van der Waals surface area contributed by atoms with E-state index in [1.807, 2.05) is 115 Å². The first-order chi connectivity index (χ1) is 51.3. The van der Waals surface area contributed by atoms with Gasteiger partial charge < -0.3 is 89.8 Å². The van der Waals surface area contributed by atoms with Crippen LogP contribution < -0.4 is 87.5 Å². The number of rotatable bonds is 17. The number of esters is 1. The molecule has 5 heterocycles. The minimum absolute atomic E-state index is 0. The van der Waals surface area contributed by atoms with Crippen LogP contribution in [0.1, 0.15) is 83.7 Å². The number of methoxy groups -OCH3 is 1. The predicted molar refractivity (Wildman–Crippen MR) is 395 cm³/mol. The van der Waals surface area contributed by atoms with Crippen LogP contribution in [0, 0.1) is 23.2 Å². The molecule has 1 unspecified atom stereocenters. The number of aromatic carboxylic acids is 1. The summed E-state index contributed by atoms with van der Waals surface area (Å²) in [5.74, 6) is 0.183. The third-order valence-electron chi connectivity index (χ3n) is 15.6. The number of anilines is 3. The summed E-state index contributed by atoms with van der Waals surface area (Å²) < 4.78 is 58.6. The Morgan fingerprint density at radius 1 is 0.615 bits per heavy atom. The number of benzene rings is 8. The summed E-state index contributed by atoms with van der Waals surface area (Å²) in [4.78, 5) is 91.4. The van der Waals surface area contributed by atoms with E-state index in [0.29, 0.717) is 71.0 Å². The van der Waals surface area contributed by atoms with Gasteiger partial charge in [0.25, 0.3) is 0 Å². The quantitative estimate of drug-likeness (QED) is 0.0253. The number of amides is 3. The van der Waals surface area contributed by atoms with Crippen LogP contribution in [0.25, 0.3) is 32.3 Å². The fourth-order valence-corrected chi connectivity index (χ4v) is 10.7. The zero-order valence-corrected chi connectivity index (χ0v) is 61.0. The third kappa shape index (κ3) is 24.4. The fourth-order valence-electron chi connectivity index (χ4n) is 10.7. The monoisotopic (exact) mass is 1490 g/mol. The molecule has 28 nitrogen and oxygen atoms in total. The summed E-state index contributed by atoms with van der Waals surface area (Å²) in [6.45, 7) is 12.4. The maximum Gasteiger partial charge on any atom is 1.00 e. The minimum atomic E-state index is -1.43. The van der Waals surface area contributed by atoms with Crippen LogP contribution in [0.3, 0.4) is 0 Å². The van der Waals surface area contributed by atoms with Gasteiger partial charge in [-0.15, -0.1) is 0 Å². The Morgan fingerprint density at radius 2 is 1.06 bits per heavy atom. The number of nitrogens with zero attached hydrogens (tertiary/aromatic N) is 2. The molecule has 558 valence electrons. The Kier molecular flexibility index (Phi) is 31.7. The van der Waals surface area contributed by atoms with E-state index in [1.54, 1.807) is 68.4 Å². The molecule has 8 aromatic carbocycles. The minimum Gasteiger partial charge on any atom is -0.512 e. The maximum absolute atomic E-state index is 12.3. The normalized spacial score (nSPS) is 14.5. The van der Waals surface area contributed by atoms with E-state index in [9.17, 15) is 48.6 Å². The van der Waals surface area contributed by atoms with Gasteiger partial charge in [0.2, 0.25) is 29.9 Å². The first kappa shape index (κ1) is 85.1. The predicted octanol–water partition coefficient (Wildman–Crippen LogP) is 9.22. The average Bonchev–Trinajstić information content (AvgIpc) is 1.37. The zero-order valence-electron chi connectivity index (χ0n) is 59.0. The molecule has 0 saturated carbocycles. The van der Waals surface area contributed by atoms with Gasteiger partial charge in [-0.3, -0.25) is 20.2 Å². The molecule has 1 saturated heterocycles. The Balaban J connectivity index is 0.000000215. The molecule has 0 aliphatic carbocycles. The molecule has 3 amide bonds. The summed E-state index contributed by atoms with van der Waals surface area (Å²) in [7, 11) is 1.39. The Labute approximate surface area is 645 Å². The van der Waals surface area contributed by atoms with Crippen molar-refractivity contribution >= 4 is 79.8 Å². The number of fused-ring (bicyclic) bond motifs is 4. The van der Waals surface area contributed by atoms with Crippen LogP contribution in [-0.2, 0) is 61.4 Å². The summed E-state index contributed by atoms with van der Waals surface area (Å²) in [5, 5.41) is 51.5. The molecule has 1 fully saturated rings. The van der Waals surface area contributed by atoms with Crippen molar-refractivity contribution in [2.75, 3.05) is 23.5 Å². The number of hydrogen-bond donors (Lipinski definition) is 7. The summed E-state index contributed by atoms with van der Waals surface area (Å²) in [6, 6.07) is 60.4. The molecule has 109 heavy (non-hydrogen) atoms. The first-order valence-electron chi connectivity index (χ1n) is 32.3. The van der Waals surface area contributed by atoms with Crippen LogP contribution in [0.15, 0.2) is 228 Å². The first-order valence-corrected chi connectivity index (χ1v) is 32.3. The van der Waals surface area contributed by atoms with Crippen molar-refractivity contribution < 1.29 is 120 Å². The van der Waals surface area contributed by atoms with Crippen molar-refractivity contribution in [1.82, 2.24) is 0 Å². The van der Waals surface area contributed by atoms with Gasteiger partial charge in [-0.25, -0.2) is 28.8 Å². The molecule has 4 atom stereocenters. The van der Waals surface area contributed by atoms with Crippen molar-refractivity contribution in [3.8, 4) is 34.8 Å². The molecule has 11 aromatic rings. The SMILES string of the molecule is C.CC(=O)Nc1cc2ccc(O)cc2c(=O)o1.CO[C@@H]1[C@H](OC(N)=O)[C@H](O)C(Oc2ccc3cc(NC(C)=O)oc(=O)c3c2)OC1(C)C.N#CCc1ccc(OCc2ccccc2)cc1C(=O)O.Nc1cc2ccc(OCc3ccccc3)cc2c(=O)o1.O=C1OCc2ccc(OCc3ccccc3)cc21.[C-]#N.[Na+]. The number of nitrogens with two attached hydrogens (primary N) is 2. The molecule has 9 N–H and O–H groups in total. The second kappa shape index (κ2) is 40.6. The molecule has 0 radical (unpaired) electrons. The number of carbonyl (C=O) groups is 5. The number of aromatic hydroxyl groups is 1. The zero-order chi connectivity index (χ0) is 77.3. The molecular weight excluding hydrogens is 1420 g/mol. The largest absolute Gasteiger partial charge is 1.00 e. The van der Waals surface area contributed by atoms with Crippen molar-refractivity contribution in [3.05, 3.63) is 277 Å². The number of cyclic esters (lactones) is 1. The number of nitriles is 1. The number of carboxylic acids is 1. The molecule has 0 bridgehead atoms. The number of nitrogen functional groups attached to an aromatic ring is 1. The van der Waals surface area contributed by atoms with Gasteiger partial charge >= 0.3 is 64.5 Å². The molecule has 2 aliphatic rings. The summed E-state index contributed by atoms with van der Waals surface area (Å²) >= 11 is 0. The van der Waals surface area contributed by atoms with Crippen molar-refractivity contribution in [2.24, 2.45) is 5.73 Å². The third-order valence-corrected chi connectivity index (χ3v) is 15.6. The summed E-state index contributed by atoms with van der Waals surface area (Å²) in [6.07, 6.45) is -5.66. The van der Waals surface area contributed by atoms with Gasteiger partial charge in [-0.1, -0.05) is 129 Å². The topological polar surface area (TPSA) is 434 Å². The molecular formula is C80H75N6NaO22. The van der Waals surface area contributed by atoms with Crippen molar-refractivity contribution in [2.45, 2.75) is 98.2 Å². The van der Waals surface area contributed by atoms with Crippen molar-refractivity contribution in [3.63, 3.8) is 0 Å². The Morgan fingerprint density at radius 3 is 1.56 bits per heavy atom. The second-order valence-corrected chi connectivity index (χ2v) is 23.8. The number of aliphatic hydroxyl groups is 1. The van der Waals surface area contributed by atoms with E-state index in [1.165, 1.54) is 57.4 Å². The van der Waals surface area contributed by atoms with Crippen LogP contribution in [-0.4, -0.2) is 82.5 Å². The fraction of sp³-hybridized carbons (Fsp3) is 0.200. The summed E-state index contributed by atoms with van der Waals surface area (Å²) in [5.41, 5.74) is 13.2. The number of phenols is 1. The van der Waals surface area contributed by atoms with Gasteiger partial charge in [-0.05, 0) is 113 Å². The van der Waals surface area contributed by atoms with Gasteiger partial charge in [-0.2, -0.15) is 5.26 Å². The second-order valence-electron chi connectivity index (χ2n) is 23.8. The number of aliphatic hydroxyl groups excluding tert-OH is 1. The number of ether oxygens (including phenoxy) is 8. The standard InChI is InChI=1S/C20H24N2O9.2C16H13NO3.C15H12O3.C11H9NO4.CN.CH4.Na/c1-9(23)22-13-7-10-5-6-11(8-12(10)17(25)29-13)28-18-14(24)15(30-19(21)26)16(27-4)20(2,3)31-18;17-15-8-12-6-7-13(9-14(12)16(18)20-15)19-10-11-4-2-1-3-5-11;17-9-8-13-6-7-14(10-15(13)16(18)19)20-11-12-4-2-1-3-5-12;16-15-14-8-13(7-6-12(14)10-18-15)17-9-11-4-2-1-3-5-11;1-6(13)12-10-4-7-2-3-8(14)5-9(7)11(15)16-10;1-2;;/h5-8,14-16,18,24H,1-4H3,(H2,21,26)(H,22,23);1-9H,10,17H2;1-7,10H,8,11H2,(H,18,19);1-8H,9-10H2;2-5,14H,1H3,(H,12,13);;1H4;/q;;;;;-1;;+1/t14-,15+,16+,18?;;;;;;;/m0......./s1. The average molecular weight is 1500 g/mol. The van der Waals surface area contributed by atoms with Crippen LogP contribution >= 0.6 is 0 Å². The number of primary amides is 1. The number of carbonyl (C=O) groups excluding carboxylic acids is 4. The Bertz CT molecular complexity index is 5220. The van der Waals surface area contributed by atoms with E-state index in [-0.39, 0.29) is 107 Å². The Hall–Kier alpha value is -12.8. The van der Waals surface area contributed by atoms with Gasteiger partial charge in [0.15, 0.2) is 18.1 Å². The van der Waals surface area contributed by atoms with Gasteiger partial charge in [0.05, 0.1) is 45.4 Å². The van der Waals surface area contributed by atoms with Crippen LogP contribution in [0.2, 0.25) is 0 Å². The van der Waals surface area contributed by atoms with E-state index in [4.69, 9.17) is 84.8 Å². The number of hydrogen-bond acceptors (Lipinski definition) is 24. The van der Waals surface area contributed by atoms with E-state index >= 15 is 0 Å². The number of phenolic OH excluding ortho intramolecular Hbond substituents is 1. The maximum atomic E-state index is 12.3. The number of nitrogens with one attached hydrogen (secondary N) is 2. The van der Waals surface area contributed by atoms with Gasteiger partial charge in [0, 0.05) is 44.7 Å². The molecule has 13 rings (SSSR count).